The molecule has 16 heavy (non-hydrogen) atoms. The van der Waals surface area contributed by atoms with Gasteiger partial charge >= 0.3 is 0 Å². The van der Waals surface area contributed by atoms with Crippen LogP contribution < -0.4 is 0 Å². The lowest BCUT2D eigenvalue weighted by Crippen LogP contribution is -1.82. The second-order valence-corrected chi connectivity index (χ2v) is 4.25. The Morgan fingerprint density at radius 2 is 1.38 bits per heavy atom. The number of aliphatic hydroxyl groups excluding tert-OH is 1. The smallest absolute Gasteiger partial charge is 0.0431 e. The first-order valence-corrected chi connectivity index (χ1v) is 6.82. The van der Waals surface area contributed by atoms with E-state index in [1.54, 1.807) is 0 Å². The maximum absolute atomic E-state index is 8.61. The Kier molecular flexibility index (Phi) is 13.9. The predicted molar refractivity (Wildman–Crippen MR) is 72.6 cm³/mol. The van der Waals surface area contributed by atoms with Crippen LogP contribution in [0.4, 0.5) is 0 Å². The second kappa shape index (κ2) is 14.4. The zero-order chi connectivity index (χ0) is 11.9. The van der Waals surface area contributed by atoms with Gasteiger partial charge in [-0.2, -0.15) is 0 Å². The Bertz CT molecular complexity index is 170. The molecule has 0 aliphatic rings. The van der Waals surface area contributed by atoms with Crippen molar-refractivity contribution in [3.63, 3.8) is 0 Å². The molecule has 0 amide bonds. The van der Waals surface area contributed by atoms with Gasteiger partial charge < -0.3 is 5.11 Å². The third kappa shape index (κ3) is 13.4. The normalized spacial score (nSPS) is 11.9. The summed E-state index contributed by atoms with van der Waals surface area (Å²) in [4.78, 5) is 0. The third-order valence-electron chi connectivity index (χ3n) is 2.61. The standard InChI is InChI=1S/C15H28O/c1-2-3-4-5-6-7-8-9-10-11-12-13-14-15-16/h5-6,8-9,16H,2-4,7,10-15H2,1H3/b6-5+,9-8+. The van der Waals surface area contributed by atoms with Crippen LogP contribution in [0, 0.1) is 0 Å². The minimum atomic E-state index is 0.346. The van der Waals surface area contributed by atoms with Gasteiger partial charge in [0.25, 0.3) is 0 Å². The summed E-state index contributed by atoms with van der Waals surface area (Å²) in [7, 11) is 0. The van der Waals surface area contributed by atoms with Crippen molar-refractivity contribution in [3.05, 3.63) is 24.3 Å². The zero-order valence-electron chi connectivity index (χ0n) is 10.8. The van der Waals surface area contributed by atoms with Gasteiger partial charge in [-0.3, -0.25) is 0 Å². The SMILES string of the molecule is CCCC/C=C/C/C=C/CCCCCCO. The summed E-state index contributed by atoms with van der Waals surface area (Å²) in [6, 6.07) is 0. The van der Waals surface area contributed by atoms with Crippen molar-refractivity contribution in [1.29, 1.82) is 0 Å². The maximum Gasteiger partial charge on any atom is 0.0431 e. The number of hydrogen-bond donors (Lipinski definition) is 1. The molecule has 0 aromatic carbocycles. The van der Waals surface area contributed by atoms with Crippen molar-refractivity contribution in [2.75, 3.05) is 6.61 Å². The molecule has 0 radical (unpaired) electrons. The van der Waals surface area contributed by atoms with Crippen molar-refractivity contribution in [2.45, 2.75) is 64.7 Å². The summed E-state index contributed by atoms with van der Waals surface area (Å²) in [6.07, 6.45) is 19.8. The van der Waals surface area contributed by atoms with Crippen molar-refractivity contribution >= 4 is 0 Å². The molecule has 0 fully saturated rings. The van der Waals surface area contributed by atoms with Gasteiger partial charge in [-0.25, -0.2) is 0 Å². The van der Waals surface area contributed by atoms with Crippen LogP contribution in [0.5, 0.6) is 0 Å². The van der Waals surface area contributed by atoms with Crippen molar-refractivity contribution in [1.82, 2.24) is 0 Å². The quantitative estimate of drug-likeness (QED) is 0.401. The Labute approximate surface area is 101 Å². The molecular weight excluding hydrogens is 196 g/mol. The average Bonchev–Trinajstić information content (AvgIpc) is 2.31. The Morgan fingerprint density at radius 3 is 2.00 bits per heavy atom. The third-order valence-corrected chi connectivity index (χ3v) is 2.61. The van der Waals surface area contributed by atoms with Gasteiger partial charge in [0, 0.05) is 6.61 Å². The highest BCUT2D eigenvalue weighted by Crippen LogP contribution is 2.03. The van der Waals surface area contributed by atoms with Gasteiger partial charge in [0.15, 0.2) is 0 Å². The van der Waals surface area contributed by atoms with Crippen LogP contribution in [0.25, 0.3) is 0 Å². The van der Waals surface area contributed by atoms with Crippen LogP contribution in [0.2, 0.25) is 0 Å². The summed E-state index contributed by atoms with van der Waals surface area (Å²) in [5.41, 5.74) is 0. The zero-order valence-corrected chi connectivity index (χ0v) is 10.8. The van der Waals surface area contributed by atoms with E-state index < -0.39 is 0 Å². The lowest BCUT2D eigenvalue weighted by molar-refractivity contribution is 0.282. The van der Waals surface area contributed by atoms with E-state index in [4.69, 9.17) is 5.11 Å². The van der Waals surface area contributed by atoms with E-state index >= 15 is 0 Å². The molecule has 94 valence electrons. The fraction of sp³-hybridized carbons (Fsp3) is 0.733. The molecule has 0 aromatic heterocycles. The molecule has 0 saturated carbocycles. The van der Waals surface area contributed by atoms with E-state index in [0.29, 0.717) is 6.61 Å². The van der Waals surface area contributed by atoms with E-state index in [9.17, 15) is 0 Å². The number of rotatable bonds is 11. The number of allylic oxidation sites excluding steroid dienone is 4. The van der Waals surface area contributed by atoms with Crippen molar-refractivity contribution in [3.8, 4) is 0 Å². The van der Waals surface area contributed by atoms with Gasteiger partial charge in [-0.15, -0.1) is 0 Å². The second-order valence-electron chi connectivity index (χ2n) is 4.25. The molecular formula is C15H28O. The van der Waals surface area contributed by atoms with Crippen LogP contribution in [0.1, 0.15) is 64.7 Å². The van der Waals surface area contributed by atoms with E-state index in [1.165, 1.54) is 44.9 Å². The molecule has 1 nitrogen and oxygen atoms in total. The molecule has 0 atom stereocenters. The molecule has 0 bridgehead atoms. The lowest BCUT2D eigenvalue weighted by atomic mass is 10.1. The van der Waals surface area contributed by atoms with Gasteiger partial charge in [0.05, 0.1) is 0 Å². The van der Waals surface area contributed by atoms with Gasteiger partial charge in [-0.1, -0.05) is 56.9 Å². The van der Waals surface area contributed by atoms with Gasteiger partial charge in [0.1, 0.15) is 0 Å². The topological polar surface area (TPSA) is 20.2 Å². The fourth-order valence-corrected chi connectivity index (χ4v) is 1.56. The largest absolute Gasteiger partial charge is 0.396 e. The summed E-state index contributed by atoms with van der Waals surface area (Å²) in [5, 5.41) is 8.61. The Morgan fingerprint density at radius 1 is 0.750 bits per heavy atom. The van der Waals surface area contributed by atoms with Crippen LogP contribution in [0.3, 0.4) is 0 Å². The van der Waals surface area contributed by atoms with Crippen LogP contribution >= 0.6 is 0 Å². The minimum Gasteiger partial charge on any atom is -0.396 e. The summed E-state index contributed by atoms with van der Waals surface area (Å²) in [5.74, 6) is 0. The monoisotopic (exact) mass is 224 g/mol. The molecule has 1 heteroatoms. The molecule has 0 aromatic rings. The van der Waals surface area contributed by atoms with Gasteiger partial charge in [-0.05, 0) is 32.1 Å². The van der Waals surface area contributed by atoms with Crippen molar-refractivity contribution in [2.24, 2.45) is 0 Å². The van der Waals surface area contributed by atoms with Crippen LogP contribution in [-0.4, -0.2) is 11.7 Å². The molecule has 1 N–H and O–H groups in total. The van der Waals surface area contributed by atoms with Crippen LogP contribution in [0.15, 0.2) is 24.3 Å². The Hall–Kier alpha value is -0.560. The van der Waals surface area contributed by atoms with E-state index in [2.05, 4.69) is 31.2 Å². The fourth-order valence-electron chi connectivity index (χ4n) is 1.56. The van der Waals surface area contributed by atoms with Crippen molar-refractivity contribution < 1.29 is 5.11 Å². The first-order valence-electron chi connectivity index (χ1n) is 6.82. The first kappa shape index (κ1) is 15.4. The molecule has 0 unspecified atom stereocenters. The molecule has 0 rings (SSSR count). The minimum absolute atomic E-state index is 0.346. The number of aliphatic hydroxyl groups is 1. The molecule has 0 aliphatic carbocycles. The lowest BCUT2D eigenvalue weighted by Gasteiger charge is -1.95. The van der Waals surface area contributed by atoms with Gasteiger partial charge in [0.2, 0.25) is 0 Å². The summed E-state index contributed by atoms with van der Waals surface area (Å²) in [6.45, 7) is 2.57. The average molecular weight is 224 g/mol. The summed E-state index contributed by atoms with van der Waals surface area (Å²) >= 11 is 0. The predicted octanol–water partition coefficient (Wildman–Crippen LogP) is 4.62. The number of hydrogen-bond acceptors (Lipinski definition) is 1. The molecule has 0 saturated heterocycles. The number of unbranched alkanes of at least 4 members (excludes halogenated alkanes) is 6. The highest BCUT2D eigenvalue weighted by molar-refractivity contribution is 4.92. The highest BCUT2D eigenvalue weighted by atomic mass is 16.2. The highest BCUT2D eigenvalue weighted by Gasteiger charge is 1.86. The Balaban J connectivity index is 3.12. The maximum atomic E-state index is 8.61. The van der Waals surface area contributed by atoms with E-state index in [-0.39, 0.29) is 0 Å². The molecule has 0 heterocycles. The first-order chi connectivity index (χ1) is 7.91. The summed E-state index contributed by atoms with van der Waals surface area (Å²) < 4.78 is 0. The molecule has 0 spiro atoms. The van der Waals surface area contributed by atoms with E-state index in [1.807, 2.05) is 0 Å². The molecule has 0 aliphatic heterocycles. The van der Waals surface area contributed by atoms with E-state index in [0.717, 1.165) is 12.8 Å². The van der Waals surface area contributed by atoms with Crippen LogP contribution in [-0.2, 0) is 0 Å².